The number of nitrogens with two attached hydrogens (primary N) is 1. The maximum Gasteiger partial charge on any atom is 0.249 e. The Balaban J connectivity index is 1.85. The molecule has 0 unspecified atom stereocenters. The molecule has 1 aliphatic carbocycles. The Morgan fingerprint density at radius 3 is 2.72 bits per heavy atom. The number of aromatic nitrogens is 1. The number of carbonyl (C=O) groups is 1. The molecular formula is C21H18N2OS. The van der Waals surface area contributed by atoms with Gasteiger partial charge in [-0.25, -0.2) is 0 Å². The van der Waals surface area contributed by atoms with Crippen LogP contribution in [0, 0.1) is 5.92 Å². The smallest absolute Gasteiger partial charge is 0.249 e. The van der Waals surface area contributed by atoms with Crippen LogP contribution < -0.4 is 5.73 Å². The van der Waals surface area contributed by atoms with Gasteiger partial charge in [-0.15, -0.1) is 11.3 Å². The lowest BCUT2D eigenvalue weighted by Gasteiger charge is -2.07. The predicted octanol–water partition coefficient (Wildman–Crippen LogP) is 5.03. The molecule has 1 saturated carbocycles. The minimum Gasteiger partial charge on any atom is -0.366 e. The highest BCUT2D eigenvalue weighted by atomic mass is 32.1. The van der Waals surface area contributed by atoms with E-state index in [9.17, 15) is 4.79 Å². The second-order valence-corrected chi connectivity index (χ2v) is 7.77. The molecule has 4 aromatic rings. The van der Waals surface area contributed by atoms with Crippen molar-refractivity contribution in [3.63, 3.8) is 0 Å². The molecule has 25 heavy (non-hydrogen) atoms. The van der Waals surface area contributed by atoms with E-state index in [1.807, 2.05) is 12.1 Å². The molecule has 0 atom stereocenters. The van der Waals surface area contributed by atoms with Gasteiger partial charge in [0.2, 0.25) is 5.91 Å². The number of primary amides is 1. The first-order valence-corrected chi connectivity index (χ1v) is 9.49. The van der Waals surface area contributed by atoms with Crippen molar-refractivity contribution < 1.29 is 4.79 Å². The van der Waals surface area contributed by atoms with Crippen LogP contribution in [0.1, 0.15) is 23.2 Å². The zero-order chi connectivity index (χ0) is 17.0. The first kappa shape index (κ1) is 14.7. The van der Waals surface area contributed by atoms with Gasteiger partial charge in [0, 0.05) is 38.8 Å². The molecule has 0 bridgehead atoms. The number of carbonyl (C=O) groups excluding carboxylic acids is 1. The van der Waals surface area contributed by atoms with Crippen LogP contribution in [0.4, 0.5) is 0 Å². The van der Waals surface area contributed by atoms with Crippen LogP contribution in [0.25, 0.3) is 32.2 Å². The molecule has 124 valence electrons. The molecule has 2 aromatic carbocycles. The fraction of sp³-hybridized carbons (Fsp3) is 0.190. The van der Waals surface area contributed by atoms with Gasteiger partial charge in [0.1, 0.15) is 0 Å². The van der Waals surface area contributed by atoms with Gasteiger partial charge in [-0.1, -0.05) is 24.3 Å². The lowest BCUT2D eigenvalue weighted by atomic mass is 10.0. The van der Waals surface area contributed by atoms with Gasteiger partial charge in [-0.2, -0.15) is 0 Å². The van der Waals surface area contributed by atoms with E-state index in [0.717, 1.165) is 28.8 Å². The molecule has 0 aliphatic heterocycles. The van der Waals surface area contributed by atoms with Gasteiger partial charge in [0.05, 0.1) is 0 Å². The van der Waals surface area contributed by atoms with Crippen molar-refractivity contribution >= 4 is 39.0 Å². The molecule has 2 N–H and O–H groups in total. The molecule has 1 fully saturated rings. The molecule has 5 rings (SSSR count). The molecule has 1 amide bonds. The normalized spacial score (nSPS) is 14.4. The summed E-state index contributed by atoms with van der Waals surface area (Å²) in [5.41, 5.74) is 9.80. The highest BCUT2D eigenvalue weighted by molar-refractivity contribution is 7.13. The van der Waals surface area contributed by atoms with Crippen molar-refractivity contribution in [1.29, 1.82) is 0 Å². The van der Waals surface area contributed by atoms with Crippen LogP contribution in [-0.2, 0) is 6.54 Å². The summed E-state index contributed by atoms with van der Waals surface area (Å²) in [5.74, 6) is 0.389. The molecule has 4 heteroatoms. The number of rotatable bonds is 4. The summed E-state index contributed by atoms with van der Waals surface area (Å²) in [7, 11) is 0. The van der Waals surface area contributed by atoms with Gasteiger partial charge >= 0.3 is 0 Å². The van der Waals surface area contributed by atoms with Crippen LogP contribution in [0.3, 0.4) is 0 Å². The van der Waals surface area contributed by atoms with Gasteiger partial charge < -0.3 is 10.3 Å². The van der Waals surface area contributed by atoms with Gasteiger partial charge in [0.25, 0.3) is 0 Å². The Morgan fingerprint density at radius 2 is 2.00 bits per heavy atom. The Morgan fingerprint density at radius 1 is 1.12 bits per heavy atom. The average Bonchev–Trinajstić information content (AvgIpc) is 3.16. The van der Waals surface area contributed by atoms with Crippen LogP contribution in [-0.4, -0.2) is 10.5 Å². The summed E-state index contributed by atoms with van der Waals surface area (Å²) >= 11 is 1.75. The molecule has 1 aliphatic rings. The van der Waals surface area contributed by atoms with E-state index in [-0.39, 0.29) is 5.91 Å². The summed E-state index contributed by atoms with van der Waals surface area (Å²) in [6.07, 6.45) is 2.59. The summed E-state index contributed by atoms with van der Waals surface area (Å²) in [6.45, 7) is 1.01. The summed E-state index contributed by atoms with van der Waals surface area (Å²) in [6, 6.07) is 16.6. The summed E-state index contributed by atoms with van der Waals surface area (Å²) < 4.78 is 2.38. The molecule has 2 aromatic heterocycles. The SMILES string of the molecule is NC(=O)c1cccc2c1c1ccc(-c3cccs3)cc1n2CC1CC1. The van der Waals surface area contributed by atoms with Crippen molar-refractivity contribution in [1.82, 2.24) is 4.57 Å². The first-order chi connectivity index (χ1) is 12.2. The molecular weight excluding hydrogens is 328 g/mol. The standard InChI is InChI=1S/C21H18N2OS/c22-21(24)16-3-1-4-17-20(16)15-9-8-14(19-5-2-10-25-19)11-18(15)23(17)12-13-6-7-13/h1-5,8-11,13H,6-7,12H2,(H2,22,24). The zero-order valence-electron chi connectivity index (χ0n) is 13.7. The Bertz CT molecular complexity index is 1100. The molecule has 3 nitrogen and oxygen atoms in total. The van der Waals surface area contributed by atoms with Crippen molar-refractivity contribution in [2.75, 3.05) is 0 Å². The number of hydrogen-bond acceptors (Lipinski definition) is 2. The van der Waals surface area contributed by atoms with Crippen molar-refractivity contribution in [3.05, 3.63) is 59.5 Å². The Kier molecular flexibility index (Phi) is 3.22. The van der Waals surface area contributed by atoms with E-state index in [2.05, 4.69) is 46.3 Å². The third-order valence-electron chi connectivity index (χ3n) is 5.10. The van der Waals surface area contributed by atoms with E-state index in [1.54, 1.807) is 11.3 Å². The predicted molar refractivity (Wildman–Crippen MR) is 104 cm³/mol. The minimum absolute atomic E-state index is 0.363. The lowest BCUT2D eigenvalue weighted by Crippen LogP contribution is -2.11. The third kappa shape index (κ3) is 2.36. The maximum absolute atomic E-state index is 12.0. The average molecular weight is 346 g/mol. The van der Waals surface area contributed by atoms with Crippen molar-refractivity contribution in [3.8, 4) is 10.4 Å². The largest absolute Gasteiger partial charge is 0.366 e. The summed E-state index contributed by atoms with van der Waals surface area (Å²) in [4.78, 5) is 13.2. The van der Waals surface area contributed by atoms with Gasteiger partial charge in [0.15, 0.2) is 0 Å². The number of hydrogen-bond donors (Lipinski definition) is 1. The van der Waals surface area contributed by atoms with Gasteiger partial charge in [-0.05, 0) is 54.0 Å². The van der Waals surface area contributed by atoms with E-state index >= 15 is 0 Å². The quantitative estimate of drug-likeness (QED) is 0.553. The number of fused-ring (bicyclic) bond motifs is 3. The minimum atomic E-state index is -0.363. The Hall–Kier alpha value is -2.59. The number of benzene rings is 2. The zero-order valence-corrected chi connectivity index (χ0v) is 14.6. The molecule has 0 radical (unpaired) electrons. The lowest BCUT2D eigenvalue weighted by molar-refractivity contribution is 0.100. The topological polar surface area (TPSA) is 48.0 Å². The van der Waals surface area contributed by atoms with Crippen molar-refractivity contribution in [2.24, 2.45) is 11.7 Å². The van der Waals surface area contributed by atoms with Crippen LogP contribution >= 0.6 is 11.3 Å². The van der Waals surface area contributed by atoms with Crippen LogP contribution in [0.5, 0.6) is 0 Å². The summed E-state index contributed by atoms with van der Waals surface area (Å²) in [5, 5.41) is 4.21. The molecule has 0 spiro atoms. The van der Waals surface area contributed by atoms with Crippen molar-refractivity contribution in [2.45, 2.75) is 19.4 Å². The fourth-order valence-electron chi connectivity index (χ4n) is 3.70. The number of thiophene rings is 1. The third-order valence-corrected chi connectivity index (χ3v) is 6.02. The van der Waals surface area contributed by atoms with Crippen LogP contribution in [0.2, 0.25) is 0 Å². The number of nitrogens with zero attached hydrogens (tertiary/aromatic N) is 1. The Labute approximate surface area is 149 Å². The highest BCUT2D eigenvalue weighted by Crippen LogP contribution is 2.38. The van der Waals surface area contributed by atoms with E-state index in [0.29, 0.717) is 5.56 Å². The van der Waals surface area contributed by atoms with E-state index in [1.165, 1.54) is 28.8 Å². The highest BCUT2D eigenvalue weighted by Gasteiger charge is 2.25. The van der Waals surface area contributed by atoms with Gasteiger partial charge in [-0.3, -0.25) is 4.79 Å². The van der Waals surface area contributed by atoms with E-state index < -0.39 is 0 Å². The number of amides is 1. The maximum atomic E-state index is 12.0. The molecule has 2 heterocycles. The fourth-order valence-corrected chi connectivity index (χ4v) is 4.42. The second kappa shape index (κ2) is 5.46. The second-order valence-electron chi connectivity index (χ2n) is 6.83. The first-order valence-electron chi connectivity index (χ1n) is 8.61. The molecule has 0 saturated heterocycles. The van der Waals surface area contributed by atoms with E-state index in [4.69, 9.17) is 5.73 Å². The van der Waals surface area contributed by atoms with Crippen LogP contribution in [0.15, 0.2) is 53.9 Å². The monoisotopic (exact) mass is 346 g/mol.